The molecule has 0 radical (unpaired) electrons. The van der Waals surface area contributed by atoms with Gasteiger partial charge in [-0.2, -0.15) is 4.98 Å². The van der Waals surface area contributed by atoms with Gasteiger partial charge in [-0.3, -0.25) is 4.79 Å². The fraction of sp³-hybridized carbons (Fsp3) is 0.190. The van der Waals surface area contributed by atoms with Crippen LogP contribution in [0.1, 0.15) is 6.92 Å². The lowest BCUT2D eigenvalue weighted by Gasteiger charge is -2.13. The zero-order valence-corrected chi connectivity index (χ0v) is 16.9. The van der Waals surface area contributed by atoms with Gasteiger partial charge in [-0.1, -0.05) is 12.1 Å². The minimum absolute atomic E-state index is 0.157. The van der Waals surface area contributed by atoms with E-state index in [1.165, 1.54) is 25.1 Å². The second-order valence-electron chi connectivity index (χ2n) is 6.57. The van der Waals surface area contributed by atoms with Gasteiger partial charge in [-0.05, 0) is 36.4 Å². The van der Waals surface area contributed by atoms with Crippen LogP contribution < -0.4 is 20.7 Å². The van der Waals surface area contributed by atoms with Crippen LogP contribution in [-0.2, 0) is 4.79 Å². The van der Waals surface area contributed by atoms with Gasteiger partial charge in [-0.15, -0.1) is 13.2 Å². The minimum atomic E-state index is -4.81. The van der Waals surface area contributed by atoms with E-state index < -0.39 is 6.36 Å². The van der Waals surface area contributed by atoms with Crippen molar-refractivity contribution in [3.8, 4) is 17.0 Å². The van der Waals surface area contributed by atoms with Gasteiger partial charge < -0.3 is 25.8 Å². The number of carbonyl (C=O) groups excluding carboxylic acids is 1. The number of alkyl halides is 3. The Morgan fingerprint density at radius 3 is 2.44 bits per heavy atom. The number of aliphatic hydroxyl groups excluding tert-OH is 1. The van der Waals surface area contributed by atoms with Crippen molar-refractivity contribution in [3.63, 3.8) is 0 Å². The standard InChI is InChI=1S/C21H20F3N5O3/c1-13(31)26-15-5-7-16(8-6-15)27-19-12-18(28-20(29-19)25-9-10-30)14-3-2-4-17(11-14)32-21(22,23)24/h2-8,11-12,30H,9-10H2,1H3,(H,26,31)(H2,25,27,28,29). The second-order valence-corrected chi connectivity index (χ2v) is 6.57. The maximum Gasteiger partial charge on any atom is 0.573 e. The summed E-state index contributed by atoms with van der Waals surface area (Å²) in [6.45, 7) is 1.44. The summed E-state index contributed by atoms with van der Waals surface area (Å²) in [5.74, 6) is -0.0232. The molecule has 3 rings (SSSR count). The summed E-state index contributed by atoms with van der Waals surface area (Å²) in [4.78, 5) is 19.8. The summed E-state index contributed by atoms with van der Waals surface area (Å²) in [6.07, 6.45) is -4.81. The molecule has 0 aliphatic carbocycles. The average Bonchev–Trinajstić information content (AvgIpc) is 2.72. The summed E-state index contributed by atoms with van der Waals surface area (Å²) in [6, 6.07) is 13.9. The van der Waals surface area contributed by atoms with E-state index >= 15 is 0 Å². The number of hydrogen-bond donors (Lipinski definition) is 4. The minimum Gasteiger partial charge on any atom is -0.406 e. The van der Waals surface area contributed by atoms with E-state index in [0.717, 1.165) is 0 Å². The average molecular weight is 447 g/mol. The number of carbonyl (C=O) groups is 1. The fourth-order valence-corrected chi connectivity index (χ4v) is 2.75. The Labute approximate surface area is 181 Å². The summed E-state index contributed by atoms with van der Waals surface area (Å²) in [5, 5.41) is 17.7. The van der Waals surface area contributed by atoms with E-state index in [2.05, 4.69) is 30.7 Å². The van der Waals surface area contributed by atoms with Gasteiger partial charge in [0, 0.05) is 36.5 Å². The molecule has 1 heterocycles. The lowest BCUT2D eigenvalue weighted by Crippen LogP contribution is -2.17. The van der Waals surface area contributed by atoms with Gasteiger partial charge in [0.25, 0.3) is 0 Å². The number of nitrogens with one attached hydrogen (secondary N) is 3. The van der Waals surface area contributed by atoms with Crippen LogP contribution in [0.25, 0.3) is 11.3 Å². The van der Waals surface area contributed by atoms with E-state index in [1.54, 1.807) is 36.4 Å². The third-order valence-corrected chi connectivity index (χ3v) is 3.96. The number of ether oxygens (including phenoxy) is 1. The summed E-state index contributed by atoms with van der Waals surface area (Å²) in [5.41, 5.74) is 2.00. The van der Waals surface area contributed by atoms with Crippen LogP contribution in [-0.4, -0.2) is 40.5 Å². The maximum atomic E-state index is 12.6. The molecule has 32 heavy (non-hydrogen) atoms. The van der Waals surface area contributed by atoms with E-state index in [-0.39, 0.29) is 30.8 Å². The van der Waals surface area contributed by atoms with Gasteiger partial charge in [0.05, 0.1) is 12.3 Å². The largest absolute Gasteiger partial charge is 0.573 e. The molecule has 3 aromatic rings. The predicted molar refractivity (Wildman–Crippen MR) is 114 cm³/mol. The number of hydrogen-bond acceptors (Lipinski definition) is 7. The zero-order chi connectivity index (χ0) is 23.1. The normalized spacial score (nSPS) is 11.0. The first-order chi connectivity index (χ1) is 15.2. The number of aliphatic hydroxyl groups is 1. The van der Waals surface area contributed by atoms with Crippen molar-refractivity contribution in [1.82, 2.24) is 9.97 Å². The number of amides is 1. The molecule has 11 heteroatoms. The highest BCUT2D eigenvalue weighted by atomic mass is 19.4. The van der Waals surface area contributed by atoms with Crippen LogP contribution in [0.5, 0.6) is 5.75 Å². The second kappa shape index (κ2) is 9.96. The lowest BCUT2D eigenvalue weighted by molar-refractivity contribution is -0.274. The SMILES string of the molecule is CC(=O)Nc1ccc(Nc2cc(-c3cccc(OC(F)(F)F)c3)nc(NCCO)n2)cc1. The van der Waals surface area contributed by atoms with Crippen molar-refractivity contribution in [3.05, 3.63) is 54.6 Å². The number of anilines is 4. The van der Waals surface area contributed by atoms with Crippen molar-refractivity contribution in [1.29, 1.82) is 0 Å². The zero-order valence-electron chi connectivity index (χ0n) is 16.9. The Bertz CT molecular complexity index is 1080. The molecule has 0 saturated carbocycles. The molecule has 0 saturated heterocycles. The summed E-state index contributed by atoms with van der Waals surface area (Å²) in [7, 11) is 0. The van der Waals surface area contributed by atoms with Crippen LogP contribution >= 0.6 is 0 Å². The molecule has 1 amide bonds. The van der Waals surface area contributed by atoms with E-state index in [4.69, 9.17) is 5.11 Å². The molecule has 0 bridgehead atoms. The molecule has 0 atom stereocenters. The summed E-state index contributed by atoms with van der Waals surface area (Å²) >= 11 is 0. The molecule has 0 aliphatic heterocycles. The van der Waals surface area contributed by atoms with Gasteiger partial charge in [0.1, 0.15) is 11.6 Å². The number of benzene rings is 2. The first kappa shape index (κ1) is 22.8. The van der Waals surface area contributed by atoms with Crippen LogP contribution in [0.15, 0.2) is 54.6 Å². The quantitative estimate of drug-likeness (QED) is 0.411. The van der Waals surface area contributed by atoms with Gasteiger partial charge in [0.2, 0.25) is 11.9 Å². The predicted octanol–water partition coefficient (Wildman–Crippen LogP) is 4.15. The number of aromatic nitrogens is 2. The van der Waals surface area contributed by atoms with E-state index in [1.807, 2.05) is 0 Å². The lowest BCUT2D eigenvalue weighted by atomic mass is 10.1. The van der Waals surface area contributed by atoms with Crippen molar-refractivity contribution in [2.75, 3.05) is 29.1 Å². The third-order valence-electron chi connectivity index (χ3n) is 3.96. The van der Waals surface area contributed by atoms with Crippen LogP contribution in [0.4, 0.5) is 36.3 Å². The first-order valence-corrected chi connectivity index (χ1v) is 9.46. The summed E-state index contributed by atoms with van der Waals surface area (Å²) < 4.78 is 41.7. The van der Waals surface area contributed by atoms with E-state index in [0.29, 0.717) is 28.5 Å². The molecule has 0 fully saturated rings. The number of nitrogens with zero attached hydrogens (tertiary/aromatic N) is 2. The Hall–Kier alpha value is -3.86. The smallest absolute Gasteiger partial charge is 0.406 e. The van der Waals surface area contributed by atoms with Crippen LogP contribution in [0.2, 0.25) is 0 Å². The van der Waals surface area contributed by atoms with Crippen molar-refractivity contribution in [2.24, 2.45) is 0 Å². The number of rotatable bonds is 8. The van der Waals surface area contributed by atoms with Crippen LogP contribution in [0.3, 0.4) is 0 Å². The highest BCUT2D eigenvalue weighted by Crippen LogP contribution is 2.29. The maximum absolute atomic E-state index is 12.6. The molecule has 4 N–H and O–H groups in total. The van der Waals surface area contributed by atoms with Crippen LogP contribution in [0, 0.1) is 0 Å². The topological polar surface area (TPSA) is 108 Å². The highest BCUT2D eigenvalue weighted by molar-refractivity contribution is 5.88. The van der Waals surface area contributed by atoms with Gasteiger partial charge in [0.15, 0.2) is 0 Å². The molecule has 8 nitrogen and oxygen atoms in total. The highest BCUT2D eigenvalue weighted by Gasteiger charge is 2.31. The first-order valence-electron chi connectivity index (χ1n) is 9.46. The molecular weight excluding hydrogens is 427 g/mol. The Morgan fingerprint density at radius 2 is 1.78 bits per heavy atom. The van der Waals surface area contributed by atoms with Crippen molar-refractivity contribution < 1.29 is 27.8 Å². The number of halogens is 3. The van der Waals surface area contributed by atoms with Gasteiger partial charge >= 0.3 is 6.36 Å². The Balaban J connectivity index is 1.90. The molecule has 2 aromatic carbocycles. The van der Waals surface area contributed by atoms with Crippen molar-refractivity contribution in [2.45, 2.75) is 13.3 Å². The Kier molecular flexibility index (Phi) is 7.11. The van der Waals surface area contributed by atoms with Gasteiger partial charge in [-0.25, -0.2) is 4.98 Å². The molecule has 0 unspecified atom stereocenters. The molecule has 1 aromatic heterocycles. The molecule has 168 valence electrons. The molecule has 0 aliphatic rings. The Morgan fingerprint density at radius 1 is 1.06 bits per heavy atom. The third kappa shape index (κ3) is 6.84. The van der Waals surface area contributed by atoms with E-state index in [9.17, 15) is 18.0 Å². The monoisotopic (exact) mass is 447 g/mol. The molecular formula is C21H20F3N5O3. The molecule has 0 spiro atoms. The fourth-order valence-electron chi connectivity index (χ4n) is 2.75. The van der Waals surface area contributed by atoms with Crippen molar-refractivity contribution >= 4 is 29.0 Å².